The Kier molecular flexibility index (Phi) is 4.24. The van der Waals surface area contributed by atoms with E-state index >= 15 is 0 Å². The maximum Gasteiger partial charge on any atom is 0.0760 e. The molecule has 1 aliphatic heterocycles. The molecule has 0 aliphatic carbocycles. The molecule has 0 spiro atoms. The van der Waals surface area contributed by atoms with Crippen LogP contribution in [0.1, 0.15) is 44.4 Å². The highest BCUT2D eigenvalue weighted by Crippen LogP contribution is 2.29. The van der Waals surface area contributed by atoms with Crippen LogP contribution < -0.4 is 5.73 Å². The maximum absolute atomic E-state index is 6.14. The summed E-state index contributed by atoms with van der Waals surface area (Å²) in [5.74, 6) is 0. The van der Waals surface area contributed by atoms with Gasteiger partial charge in [0.15, 0.2) is 0 Å². The molecule has 1 aromatic carbocycles. The fourth-order valence-corrected chi connectivity index (χ4v) is 3.36. The summed E-state index contributed by atoms with van der Waals surface area (Å²) in [6.45, 7) is 14.4. The first-order valence-corrected chi connectivity index (χ1v) is 7.42. The Labute approximate surface area is 123 Å². The fraction of sp³-hybridized carbons (Fsp3) is 0.647. The van der Waals surface area contributed by atoms with Crippen molar-refractivity contribution in [2.24, 2.45) is 5.73 Å². The van der Waals surface area contributed by atoms with E-state index in [1.807, 2.05) is 0 Å². The van der Waals surface area contributed by atoms with Crippen LogP contribution in [0, 0.1) is 6.92 Å². The number of aryl methyl sites for hydroxylation is 1. The molecular formula is C17H28N2O. The number of benzene rings is 1. The van der Waals surface area contributed by atoms with Gasteiger partial charge in [0.1, 0.15) is 0 Å². The van der Waals surface area contributed by atoms with Gasteiger partial charge in [0.25, 0.3) is 0 Å². The third kappa shape index (κ3) is 3.81. The van der Waals surface area contributed by atoms with Crippen molar-refractivity contribution in [3.63, 3.8) is 0 Å². The van der Waals surface area contributed by atoms with E-state index in [4.69, 9.17) is 10.5 Å². The van der Waals surface area contributed by atoms with Crippen LogP contribution in [0.15, 0.2) is 18.2 Å². The lowest BCUT2D eigenvalue weighted by molar-refractivity contribution is -0.182. The van der Waals surface area contributed by atoms with Gasteiger partial charge in [-0.3, -0.25) is 4.90 Å². The number of hydrogen-bond acceptors (Lipinski definition) is 3. The number of hydrogen-bond donors (Lipinski definition) is 1. The van der Waals surface area contributed by atoms with Gasteiger partial charge >= 0.3 is 0 Å². The molecule has 0 atom stereocenters. The average molecular weight is 276 g/mol. The minimum Gasteiger partial charge on any atom is -0.367 e. The largest absolute Gasteiger partial charge is 0.367 e. The van der Waals surface area contributed by atoms with Crippen molar-refractivity contribution in [2.75, 3.05) is 13.1 Å². The molecule has 0 radical (unpaired) electrons. The zero-order valence-electron chi connectivity index (χ0n) is 13.5. The number of nitrogens with two attached hydrogens (primary N) is 1. The van der Waals surface area contributed by atoms with E-state index in [-0.39, 0.29) is 11.2 Å². The minimum atomic E-state index is -0.0904. The Morgan fingerprint density at radius 1 is 1.15 bits per heavy atom. The van der Waals surface area contributed by atoms with Crippen molar-refractivity contribution < 1.29 is 4.74 Å². The van der Waals surface area contributed by atoms with Crippen molar-refractivity contribution in [2.45, 2.75) is 58.9 Å². The van der Waals surface area contributed by atoms with Crippen molar-refractivity contribution in [1.82, 2.24) is 4.90 Å². The quantitative estimate of drug-likeness (QED) is 0.922. The molecule has 1 fully saturated rings. The first-order chi connectivity index (χ1) is 9.21. The predicted octanol–water partition coefficient (Wildman–Crippen LogP) is 2.84. The molecular weight excluding hydrogens is 248 g/mol. The Hall–Kier alpha value is -0.900. The third-order valence-corrected chi connectivity index (χ3v) is 3.80. The van der Waals surface area contributed by atoms with Gasteiger partial charge in [-0.05, 0) is 51.3 Å². The Balaban J connectivity index is 2.13. The smallest absolute Gasteiger partial charge is 0.0760 e. The summed E-state index contributed by atoms with van der Waals surface area (Å²) in [4.78, 5) is 2.49. The lowest BCUT2D eigenvalue weighted by Gasteiger charge is -2.47. The summed E-state index contributed by atoms with van der Waals surface area (Å²) < 4.78 is 6.14. The Bertz CT molecular complexity index is 464. The SMILES string of the molecule is Cc1cc(CN)ccc1CN1CC(C)(C)OC(C)(C)C1. The average Bonchev–Trinajstić information content (AvgIpc) is 2.27. The molecule has 0 aromatic heterocycles. The van der Waals surface area contributed by atoms with E-state index in [2.05, 4.69) is 57.7 Å². The number of nitrogens with zero attached hydrogens (tertiary/aromatic N) is 1. The van der Waals surface area contributed by atoms with Gasteiger partial charge in [-0.15, -0.1) is 0 Å². The van der Waals surface area contributed by atoms with Gasteiger partial charge in [0, 0.05) is 26.2 Å². The summed E-state index contributed by atoms with van der Waals surface area (Å²) >= 11 is 0. The number of morpholine rings is 1. The molecule has 112 valence electrons. The summed E-state index contributed by atoms with van der Waals surface area (Å²) in [5.41, 5.74) is 9.43. The van der Waals surface area contributed by atoms with Gasteiger partial charge in [-0.2, -0.15) is 0 Å². The second-order valence-corrected chi connectivity index (χ2v) is 7.23. The third-order valence-electron chi connectivity index (χ3n) is 3.80. The maximum atomic E-state index is 6.14. The normalized spacial score (nSPS) is 21.9. The Morgan fingerprint density at radius 3 is 2.25 bits per heavy atom. The molecule has 1 heterocycles. The van der Waals surface area contributed by atoms with Crippen molar-refractivity contribution in [3.8, 4) is 0 Å². The van der Waals surface area contributed by atoms with Crippen LogP contribution in [0.2, 0.25) is 0 Å². The summed E-state index contributed by atoms with van der Waals surface area (Å²) in [7, 11) is 0. The van der Waals surface area contributed by atoms with Crippen LogP contribution in [0.25, 0.3) is 0 Å². The highest BCUT2D eigenvalue weighted by molar-refractivity contribution is 5.31. The molecule has 0 amide bonds. The molecule has 2 N–H and O–H groups in total. The predicted molar refractivity (Wildman–Crippen MR) is 83.6 cm³/mol. The first kappa shape index (κ1) is 15.5. The standard InChI is InChI=1S/C17H28N2O/c1-13-8-14(9-18)6-7-15(13)10-19-11-16(2,3)20-17(4,5)12-19/h6-8H,9-12,18H2,1-5H3. The van der Waals surface area contributed by atoms with Crippen LogP contribution in [-0.4, -0.2) is 29.2 Å². The highest BCUT2D eigenvalue weighted by Gasteiger charge is 2.37. The van der Waals surface area contributed by atoms with E-state index in [0.717, 1.165) is 19.6 Å². The summed E-state index contributed by atoms with van der Waals surface area (Å²) in [6, 6.07) is 6.55. The lowest BCUT2D eigenvalue weighted by atomic mass is 9.97. The number of ether oxygens (including phenoxy) is 1. The van der Waals surface area contributed by atoms with Gasteiger partial charge in [-0.25, -0.2) is 0 Å². The van der Waals surface area contributed by atoms with Gasteiger partial charge < -0.3 is 10.5 Å². The second kappa shape index (κ2) is 5.47. The van der Waals surface area contributed by atoms with Gasteiger partial charge in [0.05, 0.1) is 11.2 Å². The topological polar surface area (TPSA) is 38.5 Å². The van der Waals surface area contributed by atoms with Gasteiger partial charge in [0.2, 0.25) is 0 Å². The first-order valence-electron chi connectivity index (χ1n) is 7.42. The van der Waals surface area contributed by atoms with Crippen molar-refractivity contribution >= 4 is 0 Å². The highest BCUT2D eigenvalue weighted by atomic mass is 16.5. The van der Waals surface area contributed by atoms with Crippen molar-refractivity contribution in [3.05, 3.63) is 34.9 Å². The molecule has 1 aromatic rings. The molecule has 1 aliphatic rings. The Morgan fingerprint density at radius 2 is 1.75 bits per heavy atom. The zero-order chi connectivity index (χ0) is 15.0. The van der Waals surface area contributed by atoms with Gasteiger partial charge in [-0.1, -0.05) is 18.2 Å². The molecule has 0 saturated carbocycles. The second-order valence-electron chi connectivity index (χ2n) is 7.23. The fourth-order valence-electron chi connectivity index (χ4n) is 3.36. The molecule has 3 heteroatoms. The zero-order valence-corrected chi connectivity index (χ0v) is 13.5. The number of rotatable bonds is 3. The van der Waals surface area contributed by atoms with E-state index in [1.54, 1.807) is 0 Å². The van der Waals surface area contributed by atoms with E-state index in [1.165, 1.54) is 16.7 Å². The lowest BCUT2D eigenvalue weighted by Crippen LogP contribution is -2.56. The van der Waals surface area contributed by atoms with Crippen LogP contribution in [0.3, 0.4) is 0 Å². The van der Waals surface area contributed by atoms with Crippen LogP contribution in [-0.2, 0) is 17.8 Å². The van der Waals surface area contributed by atoms with E-state index in [0.29, 0.717) is 6.54 Å². The summed E-state index contributed by atoms with van der Waals surface area (Å²) in [6.07, 6.45) is 0. The van der Waals surface area contributed by atoms with Crippen molar-refractivity contribution in [1.29, 1.82) is 0 Å². The van der Waals surface area contributed by atoms with Crippen LogP contribution in [0.4, 0.5) is 0 Å². The molecule has 20 heavy (non-hydrogen) atoms. The summed E-state index contributed by atoms with van der Waals surface area (Å²) in [5, 5.41) is 0. The van der Waals surface area contributed by atoms with E-state index in [9.17, 15) is 0 Å². The van der Waals surface area contributed by atoms with Crippen LogP contribution in [0.5, 0.6) is 0 Å². The monoisotopic (exact) mass is 276 g/mol. The molecule has 3 nitrogen and oxygen atoms in total. The minimum absolute atomic E-state index is 0.0904. The van der Waals surface area contributed by atoms with Crippen LogP contribution >= 0.6 is 0 Å². The molecule has 0 unspecified atom stereocenters. The molecule has 2 rings (SSSR count). The molecule has 0 bridgehead atoms. The molecule has 1 saturated heterocycles. The van der Waals surface area contributed by atoms with E-state index < -0.39 is 0 Å².